The molecule has 0 aliphatic carbocycles. The lowest BCUT2D eigenvalue weighted by Gasteiger charge is -2.09. The molecular formula is C15H16N6O. The Hall–Kier alpha value is -2.96. The van der Waals surface area contributed by atoms with Gasteiger partial charge in [0, 0.05) is 30.4 Å². The van der Waals surface area contributed by atoms with Crippen LogP contribution in [0.5, 0.6) is 0 Å². The first-order chi connectivity index (χ1) is 10.7. The van der Waals surface area contributed by atoms with Crippen molar-refractivity contribution in [1.82, 2.24) is 24.9 Å². The zero-order chi connectivity index (χ0) is 15.4. The summed E-state index contributed by atoms with van der Waals surface area (Å²) in [7, 11) is 0. The molecule has 3 aromatic rings. The number of benzene rings is 1. The highest BCUT2D eigenvalue weighted by Crippen LogP contribution is 2.09. The molecule has 7 nitrogen and oxygen atoms in total. The largest absolute Gasteiger partial charge is 0.368 e. The van der Waals surface area contributed by atoms with Gasteiger partial charge in [-0.2, -0.15) is 14.6 Å². The Morgan fingerprint density at radius 2 is 2.05 bits per heavy atom. The summed E-state index contributed by atoms with van der Waals surface area (Å²) in [5, 5.41) is 10.2. The summed E-state index contributed by atoms with van der Waals surface area (Å²) in [6, 6.07) is 11.0. The van der Waals surface area contributed by atoms with E-state index in [-0.39, 0.29) is 5.91 Å². The van der Waals surface area contributed by atoms with Gasteiger partial charge in [-0.1, -0.05) is 18.2 Å². The molecule has 0 bridgehead atoms. The summed E-state index contributed by atoms with van der Waals surface area (Å²) in [4.78, 5) is 20.2. The smallest absolute Gasteiger partial charge is 0.254 e. The van der Waals surface area contributed by atoms with E-state index in [2.05, 4.69) is 25.7 Å². The zero-order valence-corrected chi connectivity index (χ0v) is 12.2. The lowest BCUT2D eigenvalue weighted by molar-refractivity contribution is 0.0955. The van der Waals surface area contributed by atoms with E-state index in [0.29, 0.717) is 24.4 Å². The van der Waals surface area contributed by atoms with Crippen molar-refractivity contribution < 1.29 is 4.79 Å². The van der Waals surface area contributed by atoms with Crippen LogP contribution in [0.15, 0.2) is 42.7 Å². The third-order valence-electron chi connectivity index (χ3n) is 3.13. The molecule has 7 heteroatoms. The minimum atomic E-state index is -0.0841. The van der Waals surface area contributed by atoms with Gasteiger partial charge in [0.15, 0.2) is 0 Å². The Bertz CT molecular complexity index is 783. The lowest BCUT2D eigenvalue weighted by atomic mass is 10.2. The van der Waals surface area contributed by atoms with Crippen LogP contribution in [0.2, 0.25) is 0 Å². The summed E-state index contributed by atoms with van der Waals surface area (Å²) in [5.41, 5.74) is 1.51. The van der Waals surface area contributed by atoms with Crippen molar-refractivity contribution >= 4 is 17.5 Å². The number of hydrogen-bond acceptors (Lipinski definition) is 5. The molecule has 0 saturated heterocycles. The number of hydrogen-bond donors (Lipinski definition) is 2. The minimum Gasteiger partial charge on any atom is -0.368 e. The average molecular weight is 296 g/mol. The third kappa shape index (κ3) is 3.03. The van der Waals surface area contributed by atoms with Gasteiger partial charge in [-0.25, -0.2) is 4.98 Å². The van der Waals surface area contributed by atoms with Crippen LogP contribution in [0.1, 0.15) is 16.1 Å². The molecule has 112 valence electrons. The monoisotopic (exact) mass is 296 g/mol. The predicted octanol–water partition coefficient (Wildman–Crippen LogP) is 1.27. The molecule has 3 rings (SSSR count). The molecule has 0 aliphatic heterocycles. The number of aromatic nitrogens is 4. The predicted molar refractivity (Wildman–Crippen MR) is 82.8 cm³/mol. The molecule has 0 unspecified atom stereocenters. The minimum absolute atomic E-state index is 0.0841. The number of amides is 1. The highest BCUT2D eigenvalue weighted by molar-refractivity contribution is 5.94. The summed E-state index contributed by atoms with van der Waals surface area (Å²) in [5.74, 6) is 1.27. The van der Waals surface area contributed by atoms with Crippen molar-refractivity contribution in [3.63, 3.8) is 0 Å². The summed E-state index contributed by atoms with van der Waals surface area (Å²) < 4.78 is 1.63. The first-order valence-corrected chi connectivity index (χ1v) is 6.98. The van der Waals surface area contributed by atoms with E-state index >= 15 is 0 Å². The van der Waals surface area contributed by atoms with E-state index in [1.54, 1.807) is 16.6 Å². The molecule has 1 amide bonds. The first-order valence-electron chi connectivity index (χ1n) is 6.98. The van der Waals surface area contributed by atoms with E-state index in [4.69, 9.17) is 0 Å². The van der Waals surface area contributed by atoms with Crippen molar-refractivity contribution in [2.24, 2.45) is 0 Å². The Morgan fingerprint density at radius 1 is 1.23 bits per heavy atom. The van der Waals surface area contributed by atoms with Crippen molar-refractivity contribution in [1.29, 1.82) is 0 Å². The van der Waals surface area contributed by atoms with Crippen LogP contribution in [0.25, 0.3) is 5.78 Å². The zero-order valence-electron chi connectivity index (χ0n) is 12.2. The van der Waals surface area contributed by atoms with Gasteiger partial charge in [0.25, 0.3) is 11.7 Å². The van der Waals surface area contributed by atoms with Crippen LogP contribution in [0, 0.1) is 6.92 Å². The Morgan fingerprint density at radius 3 is 2.86 bits per heavy atom. The number of anilines is 1. The molecule has 0 aliphatic rings. The van der Waals surface area contributed by atoms with E-state index < -0.39 is 0 Å². The lowest BCUT2D eigenvalue weighted by Crippen LogP contribution is -2.29. The van der Waals surface area contributed by atoms with Gasteiger partial charge in [-0.15, -0.1) is 0 Å². The third-order valence-corrected chi connectivity index (χ3v) is 3.13. The van der Waals surface area contributed by atoms with Crippen LogP contribution in [-0.4, -0.2) is 38.6 Å². The van der Waals surface area contributed by atoms with E-state index in [0.717, 1.165) is 11.5 Å². The second-order valence-corrected chi connectivity index (χ2v) is 4.80. The summed E-state index contributed by atoms with van der Waals surface area (Å²) in [6.45, 7) is 2.99. The average Bonchev–Trinajstić information content (AvgIpc) is 3.00. The molecule has 22 heavy (non-hydrogen) atoms. The quantitative estimate of drug-likeness (QED) is 0.693. The van der Waals surface area contributed by atoms with Crippen LogP contribution in [0.3, 0.4) is 0 Å². The Labute approximate surface area is 127 Å². The fraction of sp³-hybridized carbons (Fsp3) is 0.200. The molecule has 2 aromatic heterocycles. The van der Waals surface area contributed by atoms with Gasteiger partial charge in [0.05, 0.1) is 0 Å². The molecule has 0 fully saturated rings. The van der Waals surface area contributed by atoms with E-state index in [1.165, 1.54) is 6.33 Å². The van der Waals surface area contributed by atoms with Crippen LogP contribution in [-0.2, 0) is 0 Å². The SMILES string of the molecule is Cc1cc(NCCNC(=O)c2ccccc2)n2ncnc2n1. The van der Waals surface area contributed by atoms with E-state index in [1.807, 2.05) is 31.2 Å². The molecule has 0 radical (unpaired) electrons. The maximum Gasteiger partial charge on any atom is 0.254 e. The summed E-state index contributed by atoms with van der Waals surface area (Å²) in [6.07, 6.45) is 1.46. The summed E-state index contributed by atoms with van der Waals surface area (Å²) >= 11 is 0. The molecule has 1 aromatic carbocycles. The van der Waals surface area contributed by atoms with Gasteiger partial charge in [-0.3, -0.25) is 4.79 Å². The molecule has 2 N–H and O–H groups in total. The molecule has 0 spiro atoms. The number of rotatable bonds is 5. The second kappa shape index (κ2) is 6.21. The van der Waals surface area contributed by atoms with Crippen LogP contribution >= 0.6 is 0 Å². The highest BCUT2D eigenvalue weighted by atomic mass is 16.1. The van der Waals surface area contributed by atoms with Gasteiger partial charge in [0.1, 0.15) is 12.1 Å². The van der Waals surface area contributed by atoms with Crippen LogP contribution in [0.4, 0.5) is 5.82 Å². The molecular weight excluding hydrogens is 280 g/mol. The Balaban J connectivity index is 1.57. The van der Waals surface area contributed by atoms with Gasteiger partial charge in [0.2, 0.25) is 0 Å². The molecule has 0 atom stereocenters. The van der Waals surface area contributed by atoms with Gasteiger partial charge < -0.3 is 10.6 Å². The normalized spacial score (nSPS) is 10.6. The van der Waals surface area contributed by atoms with Gasteiger partial charge >= 0.3 is 0 Å². The van der Waals surface area contributed by atoms with Crippen molar-refractivity contribution in [3.8, 4) is 0 Å². The molecule has 2 heterocycles. The number of fused-ring (bicyclic) bond motifs is 1. The number of carbonyl (C=O) groups is 1. The van der Waals surface area contributed by atoms with Gasteiger partial charge in [-0.05, 0) is 19.1 Å². The topological polar surface area (TPSA) is 84.2 Å². The standard InChI is InChI=1S/C15H16N6O/c1-11-9-13(21-15(20-11)18-10-19-21)16-7-8-17-14(22)12-5-3-2-4-6-12/h2-6,9-10,16H,7-8H2,1H3,(H,17,22). The van der Waals surface area contributed by atoms with Crippen molar-refractivity contribution in [3.05, 3.63) is 54.0 Å². The Kier molecular flexibility index (Phi) is 3.95. The maximum absolute atomic E-state index is 11.9. The number of nitrogens with zero attached hydrogens (tertiary/aromatic N) is 4. The first kappa shape index (κ1) is 14.0. The highest BCUT2D eigenvalue weighted by Gasteiger charge is 2.06. The van der Waals surface area contributed by atoms with Crippen molar-refractivity contribution in [2.75, 3.05) is 18.4 Å². The molecule has 0 saturated carbocycles. The van der Waals surface area contributed by atoms with E-state index in [9.17, 15) is 4.79 Å². The number of aryl methyl sites for hydroxylation is 1. The maximum atomic E-state index is 11.9. The van der Waals surface area contributed by atoms with Crippen LogP contribution < -0.4 is 10.6 Å². The van der Waals surface area contributed by atoms with Crippen molar-refractivity contribution in [2.45, 2.75) is 6.92 Å². The fourth-order valence-corrected chi connectivity index (χ4v) is 2.11. The fourth-order valence-electron chi connectivity index (χ4n) is 2.11. The number of carbonyl (C=O) groups excluding carboxylic acids is 1. The number of nitrogens with one attached hydrogen (secondary N) is 2. The second-order valence-electron chi connectivity index (χ2n) is 4.80.